The molecular formula is C10H5BrFNO2. The summed E-state index contributed by atoms with van der Waals surface area (Å²) in [7, 11) is 0. The van der Waals surface area contributed by atoms with Crippen LogP contribution in [0.3, 0.4) is 0 Å². The highest BCUT2D eigenvalue weighted by Crippen LogP contribution is 2.28. The highest BCUT2D eigenvalue weighted by atomic mass is 79.9. The topological polar surface area (TPSA) is 60.2 Å². The van der Waals surface area contributed by atoms with Gasteiger partial charge in [-0.1, -0.05) is 12.1 Å². The average molecular weight is 270 g/mol. The number of hydrogen-bond donors (Lipinski definition) is 1. The summed E-state index contributed by atoms with van der Waals surface area (Å²) in [5, 5.41) is 0. The third kappa shape index (κ3) is 1.31. The maximum atomic E-state index is 13.3. The van der Waals surface area contributed by atoms with Crippen molar-refractivity contribution in [1.82, 2.24) is 0 Å². The summed E-state index contributed by atoms with van der Waals surface area (Å²) in [6.07, 6.45) is 0. The number of carbonyl (C=O) groups is 2. The molecule has 15 heavy (non-hydrogen) atoms. The van der Waals surface area contributed by atoms with Gasteiger partial charge in [-0.05, 0) is 22.0 Å². The SMILES string of the molecule is NC1=C(Br)C(=O)c2c(F)cccc2C1=O. The van der Waals surface area contributed by atoms with Gasteiger partial charge in [0.15, 0.2) is 0 Å². The number of allylic oxidation sites excluding steroid dienone is 2. The van der Waals surface area contributed by atoms with E-state index in [1.807, 2.05) is 0 Å². The number of halogens is 2. The number of Topliss-reactive ketones (excluding diaryl/α,β-unsaturated/α-hetero) is 2. The molecule has 1 aliphatic carbocycles. The molecule has 1 aromatic carbocycles. The smallest absolute Gasteiger partial charge is 0.210 e. The van der Waals surface area contributed by atoms with Gasteiger partial charge in [-0.2, -0.15) is 0 Å². The zero-order valence-corrected chi connectivity index (χ0v) is 8.97. The second-order valence-electron chi connectivity index (χ2n) is 3.05. The van der Waals surface area contributed by atoms with E-state index in [0.29, 0.717) is 0 Å². The maximum absolute atomic E-state index is 13.3. The summed E-state index contributed by atoms with van der Waals surface area (Å²) >= 11 is 2.88. The Hall–Kier alpha value is -1.49. The van der Waals surface area contributed by atoms with Crippen LogP contribution in [0, 0.1) is 5.82 Å². The fraction of sp³-hybridized carbons (Fsp3) is 0. The van der Waals surface area contributed by atoms with Crippen LogP contribution in [-0.4, -0.2) is 11.6 Å². The molecule has 2 N–H and O–H groups in total. The number of rotatable bonds is 0. The second-order valence-corrected chi connectivity index (χ2v) is 3.84. The van der Waals surface area contributed by atoms with Gasteiger partial charge in [-0.25, -0.2) is 4.39 Å². The average Bonchev–Trinajstić information content (AvgIpc) is 2.23. The van der Waals surface area contributed by atoms with Gasteiger partial charge in [0.05, 0.1) is 15.7 Å². The van der Waals surface area contributed by atoms with Crippen molar-refractivity contribution in [3.63, 3.8) is 0 Å². The van der Waals surface area contributed by atoms with E-state index in [-0.39, 0.29) is 21.3 Å². The molecular weight excluding hydrogens is 265 g/mol. The summed E-state index contributed by atoms with van der Waals surface area (Å²) in [6.45, 7) is 0. The predicted molar refractivity (Wildman–Crippen MR) is 55.2 cm³/mol. The van der Waals surface area contributed by atoms with Crippen LogP contribution in [0.5, 0.6) is 0 Å². The minimum atomic E-state index is -0.713. The lowest BCUT2D eigenvalue weighted by Crippen LogP contribution is -2.25. The highest BCUT2D eigenvalue weighted by molar-refractivity contribution is 9.12. The Bertz CT molecular complexity index is 522. The van der Waals surface area contributed by atoms with Gasteiger partial charge in [0.25, 0.3) is 0 Å². The molecule has 0 heterocycles. The molecule has 0 amide bonds. The minimum absolute atomic E-state index is 0.0145. The molecule has 76 valence electrons. The van der Waals surface area contributed by atoms with Crippen molar-refractivity contribution in [2.24, 2.45) is 5.73 Å². The molecule has 0 unspecified atom stereocenters. The number of nitrogens with two attached hydrogens (primary N) is 1. The molecule has 2 rings (SSSR count). The lowest BCUT2D eigenvalue weighted by molar-refractivity contribution is 0.0977. The lowest BCUT2D eigenvalue weighted by atomic mass is 9.92. The summed E-state index contributed by atoms with van der Waals surface area (Å²) in [6, 6.07) is 3.88. The molecule has 5 heteroatoms. The van der Waals surface area contributed by atoms with Gasteiger partial charge in [-0.15, -0.1) is 0 Å². The zero-order chi connectivity index (χ0) is 11.2. The van der Waals surface area contributed by atoms with E-state index in [1.165, 1.54) is 12.1 Å². The van der Waals surface area contributed by atoms with Crippen molar-refractivity contribution in [1.29, 1.82) is 0 Å². The molecule has 1 aromatic rings. The van der Waals surface area contributed by atoms with Crippen molar-refractivity contribution in [3.8, 4) is 0 Å². The lowest BCUT2D eigenvalue weighted by Gasteiger charge is -2.15. The molecule has 0 fully saturated rings. The number of ketones is 2. The molecule has 0 bridgehead atoms. The maximum Gasteiger partial charge on any atom is 0.210 e. The van der Waals surface area contributed by atoms with Crippen LogP contribution in [0.2, 0.25) is 0 Å². The first-order valence-electron chi connectivity index (χ1n) is 4.07. The van der Waals surface area contributed by atoms with Gasteiger partial charge >= 0.3 is 0 Å². The van der Waals surface area contributed by atoms with E-state index < -0.39 is 17.4 Å². The van der Waals surface area contributed by atoms with Crippen LogP contribution in [0.1, 0.15) is 20.7 Å². The molecule has 1 aliphatic rings. The monoisotopic (exact) mass is 269 g/mol. The van der Waals surface area contributed by atoms with Gasteiger partial charge in [0.1, 0.15) is 5.82 Å². The largest absolute Gasteiger partial charge is 0.395 e. The van der Waals surface area contributed by atoms with Gasteiger partial charge < -0.3 is 5.73 Å². The van der Waals surface area contributed by atoms with Crippen LogP contribution in [0.25, 0.3) is 0 Å². The molecule has 0 radical (unpaired) electrons. The third-order valence-corrected chi connectivity index (χ3v) is 2.95. The standard InChI is InChI=1S/C10H5BrFNO2/c11-7-8(13)9(14)4-2-1-3-5(12)6(4)10(7)15/h1-3H,13H2. The van der Waals surface area contributed by atoms with Crippen LogP contribution in [-0.2, 0) is 0 Å². The Morgan fingerprint density at radius 1 is 1.20 bits per heavy atom. The fourth-order valence-corrected chi connectivity index (χ4v) is 1.80. The Labute approximate surface area is 92.9 Å². The number of fused-ring (bicyclic) bond motifs is 1. The van der Waals surface area contributed by atoms with E-state index in [0.717, 1.165) is 6.07 Å². The van der Waals surface area contributed by atoms with Crippen molar-refractivity contribution >= 4 is 27.5 Å². The molecule has 0 saturated heterocycles. The first-order chi connectivity index (χ1) is 7.04. The minimum Gasteiger partial charge on any atom is -0.395 e. The van der Waals surface area contributed by atoms with E-state index >= 15 is 0 Å². The van der Waals surface area contributed by atoms with E-state index in [1.54, 1.807) is 0 Å². The quantitative estimate of drug-likeness (QED) is 0.781. The first-order valence-corrected chi connectivity index (χ1v) is 4.86. The van der Waals surface area contributed by atoms with Crippen molar-refractivity contribution < 1.29 is 14.0 Å². The second kappa shape index (κ2) is 3.27. The summed E-state index contributed by atoms with van der Waals surface area (Å²) in [5.74, 6) is -1.84. The Balaban J connectivity index is 2.79. The van der Waals surface area contributed by atoms with E-state index in [2.05, 4.69) is 15.9 Å². The molecule has 0 saturated carbocycles. The van der Waals surface area contributed by atoms with Crippen LogP contribution in [0.15, 0.2) is 28.4 Å². The van der Waals surface area contributed by atoms with Gasteiger partial charge in [0, 0.05) is 5.56 Å². The number of hydrogen-bond acceptors (Lipinski definition) is 3. The van der Waals surface area contributed by atoms with E-state index in [4.69, 9.17) is 5.73 Å². The van der Waals surface area contributed by atoms with Crippen molar-refractivity contribution in [2.75, 3.05) is 0 Å². The fourth-order valence-electron chi connectivity index (χ4n) is 1.42. The Morgan fingerprint density at radius 3 is 2.53 bits per heavy atom. The van der Waals surface area contributed by atoms with Crippen LogP contribution in [0.4, 0.5) is 4.39 Å². The summed E-state index contributed by atoms with van der Waals surface area (Å²) in [5.41, 5.74) is 5.03. The molecule has 0 atom stereocenters. The number of carbonyl (C=O) groups excluding carboxylic acids is 2. The Morgan fingerprint density at radius 2 is 1.87 bits per heavy atom. The Kier molecular flexibility index (Phi) is 2.19. The van der Waals surface area contributed by atoms with Crippen molar-refractivity contribution in [2.45, 2.75) is 0 Å². The normalized spacial score (nSPS) is 15.6. The van der Waals surface area contributed by atoms with Crippen molar-refractivity contribution in [3.05, 3.63) is 45.3 Å². The van der Waals surface area contributed by atoms with Gasteiger partial charge in [-0.3, -0.25) is 9.59 Å². The zero-order valence-electron chi connectivity index (χ0n) is 7.38. The van der Waals surface area contributed by atoms with Crippen LogP contribution >= 0.6 is 15.9 Å². The first kappa shape index (κ1) is 10.0. The third-order valence-electron chi connectivity index (χ3n) is 2.17. The molecule has 0 spiro atoms. The molecule has 0 aromatic heterocycles. The summed E-state index contributed by atoms with van der Waals surface area (Å²) < 4.78 is 13.3. The number of benzene rings is 1. The van der Waals surface area contributed by atoms with Crippen LogP contribution < -0.4 is 5.73 Å². The van der Waals surface area contributed by atoms with E-state index in [9.17, 15) is 14.0 Å². The molecule has 3 nitrogen and oxygen atoms in total. The highest BCUT2D eigenvalue weighted by Gasteiger charge is 2.31. The molecule has 0 aliphatic heterocycles. The van der Waals surface area contributed by atoms with Gasteiger partial charge in [0.2, 0.25) is 11.6 Å². The summed E-state index contributed by atoms with van der Waals surface area (Å²) in [4.78, 5) is 23.2. The predicted octanol–water partition coefficient (Wildman–Crippen LogP) is 1.77.